The number of nitrogens with zero attached hydrogens (tertiary/aromatic N) is 6. The van der Waals surface area contributed by atoms with Crippen LogP contribution in [0.3, 0.4) is 0 Å². The van der Waals surface area contributed by atoms with Gasteiger partial charge >= 0.3 is 0 Å². The molecule has 148 valence electrons. The van der Waals surface area contributed by atoms with Gasteiger partial charge in [-0.2, -0.15) is 10.4 Å². The lowest BCUT2D eigenvalue weighted by atomic mass is 9.79. The zero-order valence-electron chi connectivity index (χ0n) is 16.6. The quantitative estimate of drug-likeness (QED) is 0.748. The second-order valence-corrected chi connectivity index (χ2v) is 8.87. The van der Waals surface area contributed by atoms with Crippen LogP contribution in [0.5, 0.6) is 0 Å². The number of fused-ring (bicyclic) bond motifs is 3. The fourth-order valence-electron chi connectivity index (χ4n) is 5.67. The van der Waals surface area contributed by atoms with E-state index in [2.05, 4.69) is 43.1 Å². The summed E-state index contributed by atoms with van der Waals surface area (Å²) in [5.74, 6) is 0.281. The number of pyridine rings is 1. The third-order valence-electron chi connectivity index (χ3n) is 7.12. The molecule has 2 aliphatic heterocycles. The number of rotatable bonds is 3. The zero-order chi connectivity index (χ0) is 19.5. The number of aryl methyl sites for hydroxylation is 1. The Morgan fingerprint density at radius 3 is 2.66 bits per heavy atom. The second kappa shape index (κ2) is 6.33. The molecule has 0 aromatic carbocycles. The van der Waals surface area contributed by atoms with E-state index in [9.17, 15) is 0 Å². The first-order chi connectivity index (χ1) is 14.2. The number of piperazine rings is 1. The van der Waals surface area contributed by atoms with Crippen LogP contribution in [0.25, 0.3) is 22.3 Å². The van der Waals surface area contributed by atoms with Crippen molar-refractivity contribution >= 4 is 16.7 Å². The maximum atomic E-state index is 9.14. The predicted molar refractivity (Wildman–Crippen MR) is 111 cm³/mol. The lowest BCUT2D eigenvalue weighted by molar-refractivity contribution is 0.0439. The van der Waals surface area contributed by atoms with E-state index in [4.69, 9.17) is 5.26 Å². The van der Waals surface area contributed by atoms with Gasteiger partial charge in [0.05, 0.1) is 18.0 Å². The highest BCUT2D eigenvalue weighted by atomic mass is 15.3. The van der Waals surface area contributed by atoms with Crippen LogP contribution in [0.2, 0.25) is 0 Å². The summed E-state index contributed by atoms with van der Waals surface area (Å²) in [6.07, 6.45) is 10.5. The smallest absolute Gasteiger partial charge is 0.139 e. The van der Waals surface area contributed by atoms with Crippen LogP contribution in [0, 0.1) is 17.2 Å². The lowest BCUT2D eigenvalue weighted by Crippen LogP contribution is -2.60. The molecule has 7 heteroatoms. The molecule has 2 bridgehead atoms. The molecule has 29 heavy (non-hydrogen) atoms. The van der Waals surface area contributed by atoms with E-state index >= 15 is 0 Å². The first kappa shape index (κ1) is 17.0. The van der Waals surface area contributed by atoms with Crippen molar-refractivity contribution in [2.45, 2.75) is 43.8 Å². The van der Waals surface area contributed by atoms with Gasteiger partial charge in [0, 0.05) is 73.2 Å². The molecule has 0 amide bonds. The van der Waals surface area contributed by atoms with E-state index in [1.165, 1.54) is 23.9 Å². The maximum Gasteiger partial charge on any atom is 0.139 e. The van der Waals surface area contributed by atoms with Crippen molar-refractivity contribution in [1.82, 2.24) is 24.6 Å². The normalized spacial score (nSPS) is 29.2. The predicted octanol–water partition coefficient (Wildman–Crippen LogP) is 2.92. The Morgan fingerprint density at radius 2 is 1.97 bits per heavy atom. The molecule has 3 aliphatic rings. The largest absolute Gasteiger partial charge is 0.368 e. The molecule has 2 atom stereocenters. The van der Waals surface area contributed by atoms with Crippen LogP contribution >= 0.6 is 0 Å². The van der Waals surface area contributed by atoms with E-state index in [0.29, 0.717) is 18.1 Å². The van der Waals surface area contributed by atoms with Crippen LogP contribution in [0.15, 0.2) is 30.7 Å². The first-order valence-corrected chi connectivity index (χ1v) is 10.6. The van der Waals surface area contributed by atoms with Gasteiger partial charge in [-0.15, -0.1) is 0 Å². The number of aromatic nitrogens is 4. The minimum absolute atomic E-state index is 0.281. The average Bonchev–Trinajstić information content (AvgIpc) is 3.37. The van der Waals surface area contributed by atoms with Gasteiger partial charge in [-0.3, -0.25) is 9.58 Å². The van der Waals surface area contributed by atoms with Crippen LogP contribution in [0.1, 0.15) is 25.7 Å². The lowest BCUT2D eigenvalue weighted by Gasteiger charge is -2.49. The molecule has 6 rings (SSSR count). The summed E-state index contributed by atoms with van der Waals surface area (Å²) in [5, 5.41) is 14.6. The zero-order valence-corrected chi connectivity index (χ0v) is 16.6. The molecule has 1 unspecified atom stereocenters. The van der Waals surface area contributed by atoms with Crippen molar-refractivity contribution in [3.63, 3.8) is 0 Å². The summed E-state index contributed by atoms with van der Waals surface area (Å²) in [5.41, 5.74) is 4.36. The third kappa shape index (κ3) is 2.66. The van der Waals surface area contributed by atoms with E-state index in [-0.39, 0.29) is 5.92 Å². The molecule has 3 aromatic rings. The molecule has 3 fully saturated rings. The van der Waals surface area contributed by atoms with Crippen molar-refractivity contribution in [1.29, 1.82) is 5.26 Å². The highest BCUT2D eigenvalue weighted by Gasteiger charge is 2.47. The van der Waals surface area contributed by atoms with Gasteiger partial charge in [-0.25, -0.2) is 4.98 Å². The Kier molecular flexibility index (Phi) is 3.72. The van der Waals surface area contributed by atoms with Gasteiger partial charge in [0.25, 0.3) is 0 Å². The monoisotopic (exact) mass is 387 g/mol. The molecular formula is C22H25N7. The van der Waals surface area contributed by atoms with E-state index in [0.717, 1.165) is 42.8 Å². The Bertz CT molecular complexity index is 1090. The number of nitriles is 1. The molecule has 0 spiro atoms. The molecular weight excluding hydrogens is 362 g/mol. The van der Waals surface area contributed by atoms with Crippen molar-refractivity contribution in [2.75, 3.05) is 18.0 Å². The Labute approximate surface area is 169 Å². The molecule has 1 aliphatic carbocycles. The van der Waals surface area contributed by atoms with Gasteiger partial charge in [0.2, 0.25) is 0 Å². The van der Waals surface area contributed by atoms with E-state index in [1.807, 2.05) is 30.3 Å². The summed E-state index contributed by atoms with van der Waals surface area (Å²) >= 11 is 0. The minimum Gasteiger partial charge on any atom is -0.368 e. The van der Waals surface area contributed by atoms with Crippen molar-refractivity contribution in [3.8, 4) is 17.3 Å². The molecule has 1 N–H and O–H groups in total. The molecule has 7 nitrogen and oxygen atoms in total. The standard InChI is InChI=1S/C22H25N7/c1-27-11-15(10-25-27)20-8-19-21(4-5-24-22(19)26-20)28-12-16-2-3-17(13-28)29(16)18-6-14(7-18)9-23/h4-5,8,10-11,14,16-18H,2-3,6-7,12-13H2,1H3,(H,24,26)/t14?,16-,17?,18?/m0/s1. The summed E-state index contributed by atoms with van der Waals surface area (Å²) in [6, 6.07) is 8.66. The molecule has 3 aromatic heterocycles. The SMILES string of the molecule is Cn1cc(-c2cc3c(N4CC5CC[C@@H](C4)N5C4CC(C#N)C4)ccnc3[nH]2)cn1. The molecule has 2 saturated heterocycles. The highest BCUT2D eigenvalue weighted by Crippen LogP contribution is 2.42. The molecule has 0 radical (unpaired) electrons. The van der Waals surface area contributed by atoms with Crippen LogP contribution in [0.4, 0.5) is 5.69 Å². The van der Waals surface area contributed by atoms with Gasteiger partial charge < -0.3 is 9.88 Å². The van der Waals surface area contributed by atoms with Crippen LogP contribution in [-0.2, 0) is 7.05 Å². The second-order valence-electron chi connectivity index (χ2n) is 8.87. The summed E-state index contributed by atoms with van der Waals surface area (Å²) in [4.78, 5) is 13.4. The number of H-pyrrole nitrogens is 1. The highest BCUT2D eigenvalue weighted by molar-refractivity contribution is 5.93. The number of nitrogens with one attached hydrogen (secondary N) is 1. The summed E-state index contributed by atoms with van der Waals surface area (Å²) < 4.78 is 1.82. The number of hydrogen-bond acceptors (Lipinski definition) is 5. The first-order valence-electron chi connectivity index (χ1n) is 10.6. The summed E-state index contributed by atoms with van der Waals surface area (Å²) in [7, 11) is 1.94. The fraction of sp³-hybridized carbons (Fsp3) is 0.500. The Hall–Kier alpha value is -2.85. The van der Waals surface area contributed by atoms with Gasteiger partial charge in [-0.1, -0.05) is 0 Å². The Morgan fingerprint density at radius 1 is 1.17 bits per heavy atom. The van der Waals surface area contributed by atoms with Gasteiger partial charge in [-0.05, 0) is 37.8 Å². The number of hydrogen-bond donors (Lipinski definition) is 1. The van der Waals surface area contributed by atoms with Gasteiger partial charge in [0.15, 0.2) is 0 Å². The Balaban J connectivity index is 1.28. The van der Waals surface area contributed by atoms with Crippen LogP contribution < -0.4 is 4.90 Å². The third-order valence-corrected chi connectivity index (χ3v) is 7.12. The number of aromatic amines is 1. The van der Waals surface area contributed by atoms with E-state index < -0.39 is 0 Å². The topological polar surface area (TPSA) is 76.8 Å². The average molecular weight is 387 g/mol. The maximum absolute atomic E-state index is 9.14. The fourth-order valence-corrected chi connectivity index (χ4v) is 5.67. The van der Waals surface area contributed by atoms with Crippen LogP contribution in [-0.4, -0.2) is 55.9 Å². The van der Waals surface area contributed by atoms with Crippen molar-refractivity contribution in [2.24, 2.45) is 13.0 Å². The molecule has 5 heterocycles. The van der Waals surface area contributed by atoms with Crippen molar-refractivity contribution in [3.05, 3.63) is 30.7 Å². The van der Waals surface area contributed by atoms with Gasteiger partial charge in [0.1, 0.15) is 5.65 Å². The minimum atomic E-state index is 0.281. The summed E-state index contributed by atoms with van der Waals surface area (Å²) in [6.45, 7) is 2.13. The van der Waals surface area contributed by atoms with E-state index in [1.54, 1.807) is 0 Å². The molecule has 1 saturated carbocycles. The number of anilines is 1. The van der Waals surface area contributed by atoms with Crippen molar-refractivity contribution < 1.29 is 0 Å².